The van der Waals surface area contributed by atoms with E-state index in [1.807, 2.05) is 0 Å². The van der Waals surface area contributed by atoms with Gasteiger partial charge in [-0.2, -0.15) is 0 Å². The monoisotopic (exact) mass is 255 g/mol. The van der Waals surface area contributed by atoms with Crippen LogP contribution in [0.2, 0.25) is 0 Å². The van der Waals surface area contributed by atoms with Gasteiger partial charge in [-0.3, -0.25) is 0 Å². The summed E-state index contributed by atoms with van der Waals surface area (Å²) in [4.78, 5) is 0. The lowest BCUT2D eigenvalue weighted by Gasteiger charge is -2.29. The van der Waals surface area contributed by atoms with Gasteiger partial charge in [0.1, 0.15) is 0 Å². The molecule has 0 amide bonds. The maximum absolute atomic E-state index is 10.1. The highest BCUT2D eigenvalue weighted by Gasteiger charge is 2.22. The molecule has 2 fully saturated rings. The first-order chi connectivity index (χ1) is 8.75. The molecule has 18 heavy (non-hydrogen) atoms. The lowest BCUT2D eigenvalue weighted by Crippen LogP contribution is -2.38. The van der Waals surface area contributed by atoms with Crippen LogP contribution in [-0.2, 0) is 4.74 Å². The van der Waals surface area contributed by atoms with Crippen LogP contribution >= 0.6 is 0 Å². The fourth-order valence-electron chi connectivity index (χ4n) is 3.24. The van der Waals surface area contributed by atoms with Crippen molar-refractivity contribution in [3.8, 4) is 0 Å². The van der Waals surface area contributed by atoms with Crippen molar-refractivity contribution >= 4 is 0 Å². The third kappa shape index (κ3) is 4.52. The minimum Gasteiger partial charge on any atom is -0.392 e. The molecule has 0 unspecified atom stereocenters. The molecule has 106 valence electrons. The molecule has 1 aliphatic carbocycles. The molecule has 1 aliphatic heterocycles. The van der Waals surface area contributed by atoms with E-state index in [1.165, 1.54) is 25.7 Å². The molecule has 3 nitrogen and oxygen atoms in total. The van der Waals surface area contributed by atoms with Crippen LogP contribution in [0.15, 0.2) is 0 Å². The van der Waals surface area contributed by atoms with Crippen molar-refractivity contribution in [3.63, 3.8) is 0 Å². The van der Waals surface area contributed by atoms with E-state index in [0.717, 1.165) is 51.0 Å². The summed E-state index contributed by atoms with van der Waals surface area (Å²) in [7, 11) is 0. The fourth-order valence-corrected chi connectivity index (χ4v) is 3.24. The lowest BCUT2D eigenvalue weighted by molar-refractivity contribution is 0.00815. The molecule has 3 heteroatoms. The largest absolute Gasteiger partial charge is 0.392 e. The van der Waals surface area contributed by atoms with Gasteiger partial charge in [0.25, 0.3) is 0 Å². The third-order valence-corrected chi connectivity index (χ3v) is 4.73. The summed E-state index contributed by atoms with van der Waals surface area (Å²) >= 11 is 0. The van der Waals surface area contributed by atoms with Gasteiger partial charge in [-0.05, 0) is 50.0 Å². The normalized spacial score (nSPS) is 32.3. The zero-order chi connectivity index (χ0) is 12.8. The van der Waals surface area contributed by atoms with Crippen molar-refractivity contribution in [2.45, 2.75) is 51.6 Å². The molecule has 2 aliphatic rings. The second-order valence-electron chi connectivity index (χ2n) is 6.30. The minimum atomic E-state index is -0.184. The minimum absolute atomic E-state index is 0.184. The van der Waals surface area contributed by atoms with E-state index in [1.54, 1.807) is 0 Å². The van der Waals surface area contributed by atoms with Crippen molar-refractivity contribution in [3.05, 3.63) is 0 Å². The van der Waals surface area contributed by atoms with E-state index in [-0.39, 0.29) is 6.10 Å². The molecule has 2 rings (SSSR count). The summed E-state index contributed by atoms with van der Waals surface area (Å²) < 4.78 is 5.33. The Hall–Kier alpha value is -0.120. The van der Waals surface area contributed by atoms with Crippen LogP contribution in [-0.4, -0.2) is 37.5 Å². The maximum atomic E-state index is 10.1. The SMILES string of the molecule is CC1CCC(CNC[C@H](O)C2CCOCC2)CC1. The van der Waals surface area contributed by atoms with Crippen LogP contribution < -0.4 is 5.32 Å². The first-order valence-electron chi connectivity index (χ1n) is 7.72. The van der Waals surface area contributed by atoms with Crippen molar-refractivity contribution < 1.29 is 9.84 Å². The van der Waals surface area contributed by atoms with Crippen LogP contribution in [0.5, 0.6) is 0 Å². The Balaban J connectivity index is 1.56. The standard InChI is InChI=1S/C15H29NO2/c1-12-2-4-13(5-3-12)10-16-11-15(17)14-6-8-18-9-7-14/h12-17H,2-11H2,1H3/t12?,13?,15-/m0/s1. The van der Waals surface area contributed by atoms with E-state index in [9.17, 15) is 5.11 Å². The number of ether oxygens (including phenoxy) is 1. The van der Waals surface area contributed by atoms with Gasteiger partial charge in [-0.1, -0.05) is 19.8 Å². The van der Waals surface area contributed by atoms with Gasteiger partial charge < -0.3 is 15.2 Å². The van der Waals surface area contributed by atoms with E-state index in [2.05, 4.69) is 12.2 Å². The molecular weight excluding hydrogens is 226 g/mol. The summed E-state index contributed by atoms with van der Waals surface area (Å²) in [6, 6.07) is 0. The van der Waals surface area contributed by atoms with Gasteiger partial charge in [-0.25, -0.2) is 0 Å². The number of hydrogen-bond acceptors (Lipinski definition) is 3. The molecule has 1 saturated carbocycles. The van der Waals surface area contributed by atoms with E-state index in [0.29, 0.717) is 5.92 Å². The van der Waals surface area contributed by atoms with Crippen molar-refractivity contribution in [2.24, 2.45) is 17.8 Å². The predicted molar refractivity (Wildman–Crippen MR) is 73.5 cm³/mol. The smallest absolute Gasteiger partial charge is 0.0694 e. The topological polar surface area (TPSA) is 41.5 Å². The second-order valence-corrected chi connectivity index (χ2v) is 6.30. The number of aliphatic hydroxyl groups excluding tert-OH is 1. The molecule has 0 aromatic heterocycles. The number of nitrogens with one attached hydrogen (secondary N) is 1. The van der Waals surface area contributed by atoms with Gasteiger partial charge in [-0.15, -0.1) is 0 Å². The average Bonchev–Trinajstić information content (AvgIpc) is 2.42. The van der Waals surface area contributed by atoms with Crippen molar-refractivity contribution in [2.75, 3.05) is 26.3 Å². The Morgan fingerprint density at radius 2 is 1.78 bits per heavy atom. The second kappa shape index (κ2) is 7.46. The zero-order valence-electron chi connectivity index (χ0n) is 11.7. The number of hydrogen-bond donors (Lipinski definition) is 2. The zero-order valence-corrected chi connectivity index (χ0v) is 11.7. The van der Waals surface area contributed by atoms with Gasteiger partial charge in [0.15, 0.2) is 0 Å². The average molecular weight is 255 g/mol. The first kappa shape index (κ1) is 14.3. The summed E-state index contributed by atoms with van der Waals surface area (Å²) in [6.07, 6.45) is 7.34. The molecule has 0 aromatic rings. The number of rotatable bonds is 5. The van der Waals surface area contributed by atoms with Crippen LogP contribution in [0.4, 0.5) is 0 Å². The van der Waals surface area contributed by atoms with Crippen LogP contribution in [0.3, 0.4) is 0 Å². The van der Waals surface area contributed by atoms with Gasteiger partial charge in [0.05, 0.1) is 6.10 Å². The van der Waals surface area contributed by atoms with E-state index in [4.69, 9.17) is 4.74 Å². The Bertz CT molecular complexity index is 221. The molecule has 1 atom stereocenters. The molecule has 0 radical (unpaired) electrons. The molecule has 0 bridgehead atoms. The maximum Gasteiger partial charge on any atom is 0.0694 e. The summed E-state index contributed by atoms with van der Waals surface area (Å²) in [5, 5.41) is 13.6. The van der Waals surface area contributed by atoms with Gasteiger partial charge in [0, 0.05) is 19.8 Å². The first-order valence-corrected chi connectivity index (χ1v) is 7.72. The summed E-state index contributed by atoms with van der Waals surface area (Å²) in [6.45, 7) is 5.85. The van der Waals surface area contributed by atoms with Crippen LogP contribution in [0.25, 0.3) is 0 Å². The fraction of sp³-hybridized carbons (Fsp3) is 1.00. The molecule has 1 saturated heterocycles. The third-order valence-electron chi connectivity index (χ3n) is 4.73. The Kier molecular flexibility index (Phi) is 5.93. The highest BCUT2D eigenvalue weighted by molar-refractivity contribution is 4.76. The van der Waals surface area contributed by atoms with Crippen molar-refractivity contribution in [1.82, 2.24) is 5.32 Å². The molecule has 0 aromatic carbocycles. The van der Waals surface area contributed by atoms with E-state index < -0.39 is 0 Å². The quantitative estimate of drug-likeness (QED) is 0.791. The lowest BCUT2D eigenvalue weighted by atomic mass is 9.83. The van der Waals surface area contributed by atoms with Crippen LogP contribution in [0.1, 0.15) is 45.4 Å². The van der Waals surface area contributed by atoms with Gasteiger partial charge >= 0.3 is 0 Å². The molecule has 2 N–H and O–H groups in total. The van der Waals surface area contributed by atoms with Crippen molar-refractivity contribution in [1.29, 1.82) is 0 Å². The highest BCUT2D eigenvalue weighted by Crippen LogP contribution is 2.27. The summed E-state index contributed by atoms with van der Waals surface area (Å²) in [5.41, 5.74) is 0. The predicted octanol–water partition coefficient (Wildman–Crippen LogP) is 2.19. The Labute approximate surface area is 111 Å². The Morgan fingerprint density at radius 3 is 2.44 bits per heavy atom. The highest BCUT2D eigenvalue weighted by atomic mass is 16.5. The Morgan fingerprint density at radius 1 is 1.11 bits per heavy atom. The molecule has 0 spiro atoms. The van der Waals surface area contributed by atoms with Gasteiger partial charge in [0.2, 0.25) is 0 Å². The number of aliphatic hydroxyl groups is 1. The van der Waals surface area contributed by atoms with Crippen LogP contribution in [0, 0.1) is 17.8 Å². The molecular formula is C15H29NO2. The molecule has 1 heterocycles. The summed E-state index contributed by atoms with van der Waals surface area (Å²) in [5.74, 6) is 2.20. The van der Waals surface area contributed by atoms with E-state index >= 15 is 0 Å².